The average Bonchev–Trinajstić information content (AvgIpc) is 3.50. The third kappa shape index (κ3) is 4.27. The molecule has 2 aromatic heterocycles. The van der Waals surface area contributed by atoms with Gasteiger partial charge in [0, 0.05) is 36.9 Å². The Morgan fingerprint density at radius 2 is 0.957 bits per heavy atom. The van der Waals surface area contributed by atoms with Crippen molar-refractivity contribution in [3.63, 3.8) is 0 Å². The quantitative estimate of drug-likeness (QED) is 0.198. The van der Waals surface area contributed by atoms with Crippen LogP contribution in [0.15, 0.2) is 115 Å². The van der Waals surface area contributed by atoms with Gasteiger partial charge in [-0.25, -0.2) is 15.0 Å². The van der Waals surface area contributed by atoms with Crippen molar-refractivity contribution in [2.75, 3.05) is 0 Å². The number of benzene rings is 5. The van der Waals surface area contributed by atoms with E-state index >= 15 is 0 Å². The van der Waals surface area contributed by atoms with Gasteiger partial charge in [-0.05, 0) is 56.7 Å². The van der Waals surface area contributed by atoms with Gasteiger partial charge in [-0.2, -0.15) is 0 Å². The summed E-state index contributed by atoms with van der Waals surface area (Å²) in [5, 5.41) is 2.55. The number of hydrogen-bond acceptors (Lipinski definition) is 4. The Morgan fingerprint density at radius 1 is 0.413 bits per heavy atom. The van der Waals surface area contributed by atoms with Crippen LogP contribution in [0.4, 0.5) is 0 Å². The molecule has 0 radical (unpaired) electrons. The highest BCUT2D eigenvalue weighted by Crippen LogP contribution is 2.61. The molecule has 0 amide bonds. The fourth-order valence-electron chi connectivity index (χ4n) is 7.29. The number of nitrogens with zero attached hydrogens (tertiary/aromatic N) is 3. The van der Waals surface area contributed by atoms with Crippen molar-refractivity contribution < 1.29 is 0 Å². The van der Waals surface area contributed by atoms with E-state index < -0.39 is 0 Å². The van der Waals surface area contributed by atoms with Crippen LogP contribution in [0, 0.1) is 5.41 Å². The van der Waals surface area contributed by atoms with Crippen LogP contribution in [0.1, 0.15) is 52.7 Å². The fraction of sp³-hybridized carbons (Fsp3) is 0.214. The predicted molar refractivity (Wildman–Crippen MR) is 194 cm³/mol. The molecule has 0 aliphatic heterocycles. The lowest BCUT2D eigenvalue weighted by Gasteiger charge is -2.44. The molecule has 3 nitrogen and oxygen atoms in total. The highest BCUT2D eigenvalue weighted by molar-refractivity contribution is 7.25. The summed E-state index contributed by atoms with van der Waals surface area (Å²) in [7, 11) is 0. The number of fused-ring (bicyclic) bond motifs is 4. The molecule has 1 aliphatic rings. The summed E-state index contributed by atoms with van der Waals surface area (Å²) in [5.41, 5.74) is 8.45. The summed E-state index contributed by atoms with van der Waals surface area (Å²) in [4.78, 5) is 15.1. The number of rotatable bonds is 4. The zero-order valence-corrected chi connectivity index (χ0v) is 28.0. The molecular weight excluding hydrogens is 579 g/mol. The maximum atomic E-state index is 5.10. The van der Waals surface area contributed by atoms with Gasteiger partial charge in [0.2, 0.25) is 0 Å². The Hall–Kier alpha value is -4.67. The van der Waals surface area contributed by atoms with Crippen LogP contribution in [-0.4, -0.2) is 15.0 Å². The minimum absolute atomic E-state index is 0.0443. The lowest BCUT2D eigenvalue weighted by molar-refractivity contribution is 0.125. The van der Waals surface area contributed by atoms with Crippen molar-refractivity contribution in [3.8, 4) is 45.3 Å². The summed E-state index contributed by atoms with van der Waals surface area (Å²) in [5.74, 6) is 2.02. The van der Waals surface area contributed by atoms with Gasteiger partial charge in [-0.15, -0.1) is 11.3 Å². The Kier molecular flexibility index (Phi) is 6.36. The van der Waals surface area contributed by atoms with Crippen molar-refractivity contribution in [1.29, 1.82) is 0 Å². The van der Waals surface area contributed by atoms with Crippen molar-refractivity contribution in [3.05, 3.63) is 126 Å². The molecule has 2 heterocycles. The highest BCUT2D eigenvalue weighted by Gasteiger charge is 2.56. The van der Waals surface area contributed by atoms with E-state index in [0.29, 0.717) is 17.5 Å². The maximum Gasteiger partial charge on any atom is 0.164 e. The lowest BCUT2D eigenvalue weighted by Crippen LogP contribution is -2.42. The molecule has 0 atom stereocenters. The standard InChI is InChI=1S/C42H37N3S/c1-40(2)33-22-20-28(24-34(33)41(3,4)42(40,5)6)27-15-12-16-29(23-27)38-43-37(26-13-8-7-9-14-26)44-39(45-38)30-19-21-32-31-17-10-11-18-35(31)46-36(32)25-30/h7-25H,1-6H3. The second kappa shape index (κ2) is 10.2. The second-order valence-corrected chi connectivity index (χ2v) is 15.3. The first-order valence-electron chi connectivity index (χ1n) is 16.0. The van der Waals surface area contributed by atoms with Crippen molar-refractivity contribution in [2.45, 2.75) is 52.4 Å². The van der Waals surface area contributed by atoms with Crippen LogP contribution in [0.5, 0.6) is 0 Å². The lowest BCUT2D eigenvalue weighted by atomic mass is 9.59. The van der Waals surface area contributed by atoms with Crippen molar-refractivity contribution in [1.82, 2.24) is 15.0 Å². The summed E-state index contributed by atoms with van der Waals surface area (Å²) >= 11 is 1.81. The van der Waals surface area contributed by atoms with E-state index in [0.717, 1.165) is 22.3 Å². The van der Waals surface area contributed by atoms with Gasteiger partial charge in [0.1, 0.15) is 0 Å². The predicted octanol–water partition coefficient (Wildman–Crippen LogP) is 11.5. The van der Waals surface area contributed by atoms with Crippen LogP contribution in [0.3, 0.4) is 0 Å². The average molecular weight is 616 g/mol. The van der Waals surface area contributed by atoms with E-state index in [1.54, 1.807) is 0 Å². The van der Waals surface area contributed by atoms with Crippen molar-refractivity contribution >= 4 is 31.5 Å². The molecular formula is C42H37N3S. The largest absolute Gasteiger partial charge is 0.208 e. The van der Waals surface area contributed by atoms with E-state index in [1.165, 1.54) is 36.9 Å². The van der Waals surface area contributed by atoms with Gasteiger partial charge < -0.3 is 0 Å². The molecule has 0 fully saturated rings. The van der Waals surface area contributed by atoms with Crippen LogP contribution in [-0.2, 0) is 10.8 Å². The summed E-state index contributed by atoms with van der Waals surface area (Å²) in [6, 6.07) is 41.0. The normalized spacial score (nSPS) is 16.1. The number of thiophene rings is 1. The van der Waals surface area contributed by atoms with E-state index in [2.05, 4.69) is 139 Å². The van der Waals surface area contributed by atoms with Crippen LogP contribution in [0.2, 0.25) is 0 Å². The van der Waals surface area contributed by atoms with Gasteiger partial charge in [0.25, 0.3) is 0 Å². The molecule has 1 aliphatic carbocycles. The molecule has 0 N–H and O–H groups in total. The molecule has 0 spiro atoms. The van der Waals surface area contributed by atoms with Gasteiger partial charge in [-0.3, -0.25) is 0 Å². The summed E-state index contributed by atoms with van der Waals surface area (Å²) in [6.07, 6.45) is 0. The third-order valence-corrected chi connectivity index (χ3v) is 12.4. The van der Waals surface area contributed by atoms with E-state index in [9.17, 15) is 0 Å². The van der Waals surface area contributed by atoms with E-state index in [4.69, 9.17) is 15.0 Å². The molecule has 0 unspecified atom stereocenters. The molecule has 226 valence electrons. The Morgan fingerprint density at radius 3 is 1.72 bits per heavy atom. The Balaban J connectivity index is 1.25. The first-order valence-corrected chi connectivity index (χ1v) is 16.9. The zero-order valence-electron chi connectivity index (χ0n) is 27.2. The van der Waals surface area contributed by atoms with Crippen LogP contribution in [0.25, 0.3) is 65.5 Å². The third-order valence-electron chi connectivity index (χ3n) is 11.2. The molecule has 5 aromatic carbocycles. The summed E-state index contributed by atoms with van der Waals surface area (Å²) < 4.78 is 2.52. The maximum absolute atomic E-state index is 5.10. The molecule has 4 heteroatoms. The molecule has 8 rings (SSSR count). The molecule has 0 bridgehead atoms. The molecule has 0 saturated heterocycles. The van der Waals surface area contributed by atoms with Gasteiger partial charge in [0.15, 0.2) is 17.5 Å². The molecule has 46 heavy (non-hydrogen) atoms. The van der Waals surface area contributed by atoms with Gasteiger partial charge in [0.05, 0.1) is 0 Å². The number of aromatic nitrogens is 3. The van der Waals surface area contributed by atoms with Crippen LogP contribution < -0.4 is 0 Å². The first kappa shape index (κ1) is 28.8. The Bertz CT molecular complexity index is 2290. The van der Waals surface area contributed by atoms with Crippen LogP contribution >= 0.6 is 11.3 Å². The zero-order chi connectivity index (χ0) is 31.8. The second-order valence-electron chi connectivity index (χ2n) is 14.2. The highest BCUT2D eigenvalue weighted by atomic mass is 32.1. The fourth-order valence-corrected chi connectivity index (χ4v) is 8.44. The van der Waals surface area contributed by atoms with Gasteiger partial charge in [-0.1, -0.05) is 139 Å². The molecule has 7 aromatic rings. The van der Waals surface area contributed by atoms with E-state index in [1.807, 2.05) is 29.5 Å². The SMILES string of the molecule is CC1(C)c2ccc(-c3cccc(-c4nc(-c5ccccc5)nc(-c5ccc6c(c5)sc5ccccc56)n4)c3)cc2C(C)(C)C1(C)C. The smallest absolute Gasteiger partial charge is 0.164 e. The Labute approximate surface area is 275 Å². The summed E-state index contributed by atoms with van der Waals surface area (Å²) in [6.45, 7) is 14.4. The topological polar surface area (TPSA) is 38.7 Å². The minimum Gasteiger partial charge on any atom is -0.208 e. The minimum atomic E-state index is 0.0443. The monoisotopic (exact) mass is 615 g/mol. The first-order chi connectivity index (χ1) is 22.0. The van der Waals surface area contributed by atoms with Crippen molar-refractivity contribution in [2.24, 2.45) is 5.41 Å². The molecule has 0 saturated carbocycles. The number of hydrogen-bond donors (Lipinski definition) is 0. The van der Waals surface area contributed by atoms with E-state index in [-0.39, 0.29) is 16.2 Å². The van der Waals surface area contributed by atoms with Gasteiger partial charge >= 0.3 is 0 Å².